The van der Waals surface area contributed by atoms with Gasteiger partial charge in [0, 0.05) is 26.4 Å². The van der Waals surface area contributed by atoms with Crippen molar-refractivity contribution in [3.63, 3.8) is 0 Å². The number of carbonyl (C=O) groups is 1. The van der Waals surface area contributed by atoms with E-state index in [2.05, 4.69) is 15.6 Å². The van der Waals surface area contributed by atoms with E-state index in [1.54, 1.807) is 26.3 Å². The van der Waals surface area contributed by atoms with Crippen LogP contribution in [0.2, 0.25) is 0 Å². The van der Waals surface area contributed by atoms with Crippen molar-refractivity contribution in [1.82, 2.24) is 5.32 Å². The maximum Gasteiger partial charge on any atom is 0.307 e. The Balaban J connectivity index is 2.53. The van der Waals surface area contributed by atoms with E-state index >= 15 is 0 Å². The van der Waals surface area contributed by atoms with Crippen molar-refractivity contribution < 1.29 is 14.6 Å². The fourth-order valence-corrected chi connectivity index (χ4v) is 1.47. The number of hydrogen-bond acceptors (Lipinski definition) is 3. The third-order valence-corrected chi connectivity index (χ3v) is 2.39. The molecule has 0 heterocycles. The smallest absolute Gasteiger partial charge is 0.307 e. The van der Waals surface area contributed by atoms with E-state index in [4.69, 9.17) is 9.84 Å². The zero-order valence-electron chi connectivity index (χ0n) is 11.1. The minimum atomic E-state index is -0.835. The number of guanidine groups is 1. The highest BCUT2D eigenvalue weighted by Crippen LogP contribution is 2.09. The normalized spacial score (nSPS) is 11.2. The van der Waals surface area contributed by atoms with Crippen LogP contribution in [-0.2, 0) is 16.0 Å². The van der Waals surface area contributed by atoms with Crippen LogP contribution in [0, 0.1) is 0 Å². The van der Waals surface area contributed by atoms with Gasteiger partial charge < -0.3 is 20.5 Å². The fraction of sp³-hybridized carbons (Fsp3) is 0.385. The molecule has 0 saturated carbocycles. The highest BCUT2D eigenvalue weighted by atomic mass is 16.5. The molecule has 104 valence electrons. The van der Waals surface area contributed by atoms with Crippen molar-refractivity contribution in [2.75, 3.05) is 32.6 Å². The standard InChI is InChI=1S/C13H19N3O3/c1-14-13(15-7-8-19-2)16-11-5-3-10(4-6-11)9-12(17)18/h3-6H,7-9H2,1-2H3,(H,17,18)(H2,14,15,16). The molecule has 1 aromatic carbocycles. The van der Waals surface area contributed by atoms with Gasteiger partial charge in [-0.25, -0.2) is 0 Å². The predicted octanol–water partition coefficient (Wildman–Crippen LogP) is 0.947. The van der Waals surface area contributed by atoms with Crippen molar-refractivity contribution in [2.24, 2.45) is 4.99 Å². The molecule has 0 atom stereocenters. The van der Waals surface area contributed by atoms with Crippen LogP contribution in [0.1, 0.15) is 5.56 Å². The van der Waals surface area contributed by atoms with Crippen molar-refractivity contribution in [3.05, 3.63) is 29.8 Å². The van der Waals surface area contributed by atoms with Gasteiger partial charge in [-0.05, 0) is 17.7 Å². The minimum Gasteiger partial charge on any atom is -0.481 e. The van der Waals surface area contributed by atoms with Crippen LogP contribution in [0.25, 0.3) is 0 Å². The number of benzene rings is 1. The van der Waals surface area contributed by atoms with Gasteiger partial charge in [0.15, 0.2) is 5.96 Å². The van der Waals surface area contributed by atoms with E-state index in [0.717, 1.165) is 11.3 Å². The number of ether oxygens (including phenoxy) is 1. The summed E-state index contributed by atoms with van der Waals surface area (Å²) in [6.07, 6.45) is 0.0289. The third kappa shape index (κ3) is 5.87. The van der Waals surface area contributed by atoms with E-state index in [1.165, 1.54) is 0 Å². The Kier molecular flexibility index (Phi) is 6.38. The summed E-state index contributed by atoms with van der Waals surface area (Å²) >= 11 is 0. The number of carboxylic acid groups (broad SMARTS) is 1. The van der Waals surface area contributed by atoms with Crippen molar-refractivity contribution in [3.8, 4) is 0 Å². The maximum absolute atomic E-state index is 10.6. The Bertz CT molecular complexity index is 429. The molecule has 0 aromatic heterocycles. The Hall–Kier alpha value is -2.08. The fourth-order valence-electron chi connectivity index (χ4n) is 1.47. The molecular formula is C13H19N3O3. The lowest BCUT2D eigenvalue weighted by Gasteiger charge is -2.11. The molecule has 0 aliphatic heterocycles. The van der Waals surface area contributed by atoms with Gasteiger partial charge in [-0.2, -0.15) is 0 Å². The van der Waals surface area contributed by atoms with Crippen molar-refractivity contribution in [2.45, 2.75) is 6.42 Å². The molecule has 0 fully saturated rings. The first-order chi connectivity index (χ1) is 9.15. The summed E-state index contributed by atoms with van der Waals surface area (Å²) in [5.74, 6) is -0.194. The second-order valence-corrected chi connectivity index (χ2v) is 3.88. The summed E-state index contributed by atoms with van der Waals surface area (Å²) < 4.78 is 4.94. The highest BCUT2D eigenvalue weighted by molar-refractivity contribution is 5.93. The molecular weight excluding hydrogens is 246 g/mol. The number of anilines is 1. The number of hydrogen-bond donors (Lipinski definition) is 3. The maximum atomic E-state index is 10.6. The van der Waals surface area contributed by atoms with E-state index < -0.39 is 5.97 Å². The lowest BCUT2D eigenvalue weighted by atomic mass is 10.1. The molecule has 1 rings (SSSR count). The molecule has 3 N–H and O–H groups in total. The van der Waals surface area contributed by atoms with Crippen molar-refractivity contribution >= 4 is 17.6 Å². The number of aliphatic carboxylic acids is 1. The minimum absolute atomic E-state index is 0.0289. The number of rotatable bonds is 6. The average Bonchev–Trinajstić information content (AvgIpc) is 2.39. The van der Waals surface area contributed by atoms with Crippen LogP contribution in [0.5, 0.6) is 0 Å². The van der Waals surface area contributed by atoms with Gasteiger partial charge in [-0.3, -0.25) is 9.79 Å². The quantitative estimate of drug-likeness (QED) is 0.405. The predicted molar refractivity (Wildman–Crippen MR) is 74.6 cm³/mol. The molecule has 0 radical (unpaired) electrons. The Morgan fingerprint density at radius 1 is 1.37 bits per heavy atom. The van der Waals surface area contributed by atoms with Crippen LogP contribution < -0.4 is 10.6 Å². The van der Waals surface area contributed by atoms with Crippen molar-refractivity contribution in [1.29, 1.82) is 0 Å². The lowest BCUT2D eigenvalue weighted by molar-refractivity contribution is -0.136. The Labute approximate surface area is 112 Å². The topological polar surface area (TPSA) is 83.0 Å². The molecule has 0 amide bonds. The molecule has 0 bridgehead atoms. The van der Waals surface area contributed by atoms with Gasteiger partial charge >= 0.3 is 5.97 Å². The summed E-state index contributed by atoms with van der Waals surface area (Å²) in [5, 5.41) is 14.9. The summed E-state index contributed by atoms with van der Waals surface area (Å²) in [6.45, 7) is 1.26. The summed E-state index contributed by atoms with van der Waals surface area (Å²) in [6, 6.07) is 7.20. The first kappa shape index (κ1) is 15.0. The zero-order valence-corrected chi connectivity index (χ0v) is 11.1. The Morgan fingerprint density at radius 3 is 2.58 bits per heavy atom. The van der Waals surface area contributed by atoms with Gasteiger partial charge in [0.2, 0.25) is 0 Å². The van der Waals surface area contributed by atoms with Crippen LogP contribution in [-0.4, -0.2) is 44.3 Å². The summed E-state index contributed by atoms with van der Waals surface area (Å²) in [5.41, 5.74) is 1.61. The van der Waals surface area contributed by atoms with Crippen LogP contribution in [0.3, 0.4) is 0 Å². The molecule has 19 heavy (non-hydrogen) atoms. The van der Waals surface area contributed by atoms with Gasteiger partial charge in [0.1, 0.15) is 0 Å². The zero-order chi connectivity index (χ0) is 14.1. The second kappa shape index (κ2) is 8.10. The number of nitrogens with one attached hydrogen (secondary N) is 2. The van der Waals surface area contributed by atoms with Gasteiger partial charge in [0.05, 0.1) is 13.0 Å². The molecule has 0 aliphatic carbocycles. The molecule has 0 unspecified atom stereocenters. The van der Waals surface area contributed by atoms with Gasteiger partial charge in [-0.15, -0.1) is 0 Å². The highest BCUT2D eigenvalue weighted by Gasteiger charge is 2.02. The largest absolute Gasteiger partial charge is 0.481 e. The first-order valence-electron chi connectivity index (χ1n) is 5.93. The molecule has 1 aromatic rings. The van der Waals surface area contributed by atoms with Crippen LogP contribution >= 0.6 is 0 Å². The van der Waals surface area contributed by atoms with Crippen LogP contribution in [0.4, 0.5) is 5.69 Å². The van der Waals surface area contributed by atoms with Crippen LogP contribution in [0.15, 0.2) is 29.3 Å². The number of methoxy groups -OCH3 is 1. The second-order valence-electron chi connectivity index (χ2n) is 3.88. The SMILES string of the molecule is CN=C(NCCOC)Nc1ccc(CC(=O)O)cc1. The molecule has 6 nitrogen and oxygen atoms in total. The number of nitrogens with zero attached hydrogens (tertiary/aromatic N) is 1. The number of aliphatic imine (C=N–C) groups is 1. The molecule has 0 saturated heterocycles. The third-order valence-electron chi connectivity index (χ3n) is 2.39. The van der Waals surface area contributed by atoms with E-state index in [1.807, 2.05) is 12.1 Å². The van der Waals surface area contributed by atoms with Gasteiger partial charge in [0.25, 0.3) is 0 Å². The van der Waals surface area contributed by atoms with E-state index in [0.29, 0.717) is 19.1 Å². The molecule has 6 heteroatoms. The molecule has 0 aliphatic rings. The lowest BCUT2D eigenvalue weighted by Crippen LogP contribution is -2.33. The van der Waals surface area contributed by atoms with E-state index in [-0.39, 0.29) is 6.42 Å². The average molecular weight is 265 g/mol. The van der Waals surface area contributed by atoms with E-state index in [9.17, 15) is 4.79 Å². The molecule has 0 spiro atoms. The number of carboxylic acids is 1. The summed E-state index contributed by atoms with van der Waals surface area (Å²) in [7, 11) is 3.32. The first-order valence-corrected chi connectivity index (χ1v) is 5.93. The summed E-state index contributed by atoms with van der Waals surface area (Å²) in [4.78, 5) is 14.6. The Morgan fingerprint density at radius 2 is 2.05 bits per heavy atom. The monoisotopic (exact) mass is 265 g/mol. The van der Waals surface area contributed by atoms with Gasteiger partial charge in [-0.1, -0.05) is 12.1 Å².